The first-order valence-electron chi connectivity index (χ1n) is 4.18. The van der Waals surface area contributed by atoms with Gasteiger partial charge in [-0.3, -0.25) is 14.5 Å². The fourth-order valence-electron chi connectivity index (χ4n) is 0.888. The molecule has 0 N–H and O–H groups in total. The quantitative estimate of drug-likeness (QED) is 0.366. The van der Waals surface area contributed by atoms with Crippen LogP contribution in [0.25, 0.3) is 0 Å². The summed E-state index contributed by atoms with van der Waals surface area (Å²) in [4.78, 5) is 21.7. The van der Waals surface area contributed by atoms with Crippen LogP contribution < -0.4 is 0 Å². The lowest BCUT2D eigenvalue weighted by Gasteiger charge is -2.18. The SMILES string of the molecule is CCN(CCOC=O)CCOC=O. The zero-order valence-electron chi connectivity index (χ0n) is 7.77. The van der Waals surface area contributed by atoms with Gasteiger partial charge in [-0.25, -0.2) is 0 Å². The number of carbonyl (C=O) groups is 2. The van der Waals surface area contributed by atoms with E-state index in [1.807, 2.05) is 11.8 Å². The second kappa shape index (κ2) is 8.99. The highest BCUT2D eigenvalue weighted by Crippen LogP contribution is 1.87. The van der Waals surface area contributed by atoms with E-state index in [0.717, 1.165) is 6.54 Å². The molecule has 0 atom stereocenters. The van der Waals surface area contributed by atoms with Gasteiger partial charge in [-0.05, 0) is 6.54 Å². The van der Waals surface area contributed by atoms with E-state index >= 15 is 0 Å². The van der Waals surface area contributed by atoms with Crippen LogP contribution in [0.5, 0.6) is 0 Å². The highest BCUT2D eigenvalue weighted by molar-refractivity contribution is 5.37. The molecular formula is C8H15NO4. The third-order valence-electron chi connectivity index (χ3n) is 1.63. The van der Waals surface area contributed by atoms with Crippen molar-refractivity contribution in [3.63, 3.8) is 0 Å². The van der Waals surface area contributed by atoms with Crippen molar-refractivity contribution >= 4 is 12.9 Å². The Balaban J connectivity index is 3.38. The highest BCUT2D eigenvalue weighted by atomic mass is 16.5. The van der Waals surface area contributed by atoms with Gasteiger partial charge in [0.05, 0.1) is 0 Å². The summed E-state index contributed by atoms with van der Waals surface area (Å²) in [5, 5.41) is 0. The van der Waals surface area contributed by atoms with Crippen LogP contribution in [-0.4, -0.2) is 50.7 Å². The Labute approximate surface area is 77.6 Å². The van der Waals surface area contributed by atoms with Crippen molar-refractivity contribution in [2.45, 2.75) is 6.92 Å². The van der Waals surface area contributed by atoms with Crippen molar-refractivity contribution in [2.75, 3.05) is 32.8 Å². The van der Waals surface area contributed by atoms with Gasteiger partial charge in [-0.2, -0.15) is 0 Å². The monoisotopic (exact) mass is 189 g/mol. The molecule has 0 saturated heterocycles. The van der Waals surface area contributed by atoms with Crippen LogP contribution in [0.3, 0.4) is 0 Å². The van der Waals surface area contributed by atoms with Crippen molar-refractivity contribution in [3.05, 3.63) is 0 Å². The molecule has 5 heteroatoms. The first-order valence-corrected chi connectivity index (χ1v) is 4.18. The van der Waals surface area contributed by atoms with E-state index in [4.69, 9.17) is 0 Å². The Morgan fingerprint density at radius 1 is 1.08 bits per heavy atom. The van der Waals surface area contributed by atoms with Crippen molar-refractivity contribution in [1.29, 1.82) is 0 Å². The molecular weight excluding hydrogens is 174 g/mol. The summed E-state index contributed by atoms with van der Waals surface area (Å²) >= 11 is 0. The molecule has 0 aliphatic carbocycles. The Hall–Kier alpha value is -1.10. The van der Waals surface area contributed by atoms with Crippen molar-refractivity contribution in [1.82, 2.24) is 4.90 Å². The second-order valence-corrected chi connectivity index (χ2v) is 2.37. The maximum atomic E-state index is 9.82. The van der Waals surface area contributed by atoms with Crippen molar-refractivity contribution in [2.24, 2.45) is 0 Å². The van der Waals surface area contributed by atoms with Gasteiger partial charge in [-0.15, -0.1) is 0 Å². The van der Waals surface area contributed by atoms with Gasteiger partial charge in [0.1, 0.15) is 13.2 Å². The van der Waals surface area contributed by atoms with Crippen LogP contribution in [0, 0.1) is 0 Å². The number of ether oxygens (including phenoxy) is 2. The fraction of sp³-hybridized carbons (Fsp3) is 0.750. The molecule has 13 heavy (non-hydrogen) atoms. The Morgan fingerprint density at radius 2 is 1.54 bits per heavy atom. The molecule has 0 aromatic rings. The predicted octanol–water partition coefficient (Wildman–Crippen LogP) is -0.346. The van der Waals surface area contributed by atoms with E-state index in [0.29, 0.717) is 39.2 Å². The van der Waals surface area contributed by atoms with Gasteiger partial charge < -0.3 is 9.47 Å². The number of hydrogen-bond acceptors (Lipinski definition) is 5. The van der Waals surface area contributed by atoms with Crippen LogP contribution >= 0.6 is 0 Å². The summed E-state index contributed by atoms with van der Waals surface area (Å²) in [5.41, 5.74) is 0. The normalized spacial score (nSPS) is 9.69. The zero-order chi connectivity index (χ0) is 9.94. The molecule has 5 nitrogen and oxygen atoms in total. The molecule has 0 radical (unpaired) electrons. The maximum absolute atomic E-state index is 9.82. The van der Waals surface area contributed by atoms with Crippen LogP contribution in [0.1, 0.15) is 6.92 Å². The summed E-state index contributed by atoms with van der Waals surface area (Å²) in [6.45, 7) is 5.75. The molecule has 0 bridgehead atoms. The largest absolute Gasteiger partial charge is 0.467 e. The minimum Gasteiger partial charge on any atom is -0.467 e. The summed E-state index contributed by atoms with van der Waals surface area (Å²) in [7, 11) is 0. The van der Waals surface area contributed by atoms with Gasteiger partial charge in [0.25, 0.3) is 12.9 Å². The minimum absolute atomic E-state index is 0.373. The number of rotatable bonds is 9. The van der Waals surface area contributed by atoms with Gasteiger partial charge in [0, 0.05) is 13.1 Å². The standard InChI is InChI=1S/C8H15NO4/c1-2-9(3-5-12-7-10)4-6-13-8-11/h7-8H,2-6H2,1H3. The molecule has 0 unspecified atom stereocenters. The van der Waals surface area contributed by atoms with Crippen LogP contribution in [0.2, 0.25) is 0 Å². The average molecular weight is 189 g/mol. The molecule has 0 rings (SSSR count). The summed E-state index contributed by atoms with van der Waals surface area (Å²) < 4.78 is 9.08. The minimum atomic E-state index is 0.373. The predicted molar refractivity (Wildman–Crippen MR) is 46.1 cm³/mol. The molecule has 0 fully saturated rings. The molecule has 0 saturated carbocycles. The molecule has 0 aromatic carbocycles. The Morgan fingerprint density at radius 3 is 1.85 bits per heavy atom. The molecule has 0 amide bonds. The number of likely N-dealkylation sites (N-methyl/N-ethyl adjacent to an activating group) is 1. The Kier molecular flexibility index (Phi) is 8.23. The second-order valence-electron chi connectivity index (χ2n) is 2.37. The van der Waals surface area contributed by atoms with Gasteiger partial charge >= 0.3 is 0 Å². The van der Waals surface area contributed by atoms with E-state index < -0.39 is 0 Å². The van der Waals surface area contributed by atoms with Crippen molar-refractivity contribution < 1.29 is 19.1 Å². The molecule has 0 spiro atoms. The highest BCUT2D eigenvalue weighted by Gasteiger charge is 2.01. The topological polar surface area (TPSA) is 55.8 Å². The molecule has 0 heterocycles. The summed E-state index contributed by atoms with van der Waals surface area (Å²) in [5.74, 6) is 0. The first kappa shape index (κ1) is 11.9. The van der Waals surface area contributed by atoms with E-state index in [2.05, 4.69) is 9.47 Å². The zero-order valence-corrected chi connectivity index (χ0v) is 7.77. The van der Waals surface area contributed by atoms with Crippen LogP contribution in [0.4, 0.5) is 0 Å². The molecule has 0 aliphatic heterocycles. The fourth-order valence-corrected chi connectivity index (χ4v) is 0.888. The summed E-state index contributed by atoms with van der Waals surface area (Å²) in [6, 6.07) is 0. The molecule has 0 aromatic heterocycles. The Bertz CT molecular complexity index is 126. The van der Waals surface area contributed by atoms with E-state index in [-0.39, 0.29) is 0 Å². The first-order chi connectivity index (χ1) is 6.35. The average Bonchev–Trinajstić information content (AvgIpc) is 2.16. The third kappa shape index (κ3) is 7.27. The number of hydrogen-bond donors (Lipinski definition) is 0. The van der Waals surface area contributed by atoms with Gasteiger partial charge in [0.2, 0.25) is 0 Å². The molecule has 0 aliphatic rings. The lowest BCUT2D eigenvalue weighted by Crippen LogP contribution is -2.30. The lowest BCUT2D eigenvalue weighted by atomic mass is 10.5. The maximum Gasteiger partial charge on any atom is 0.293 e. The smallest absolute Gasteiger partial charge is 0.293 e. The number of carbonyl (C=O) groups excluding carboxylic acids is 2. The van der Waals surface area contributed by atoms with E-state index in [9.17, 15) is 9.59 Å². The lowest BCUT2D eigenvalue weighted by molar-refractivity contribution is -0.129. The third-order valence-corrected chi connectivity index (χ3v) is 1.63. The van der Waals surface area contributed by atoms with Gasteiger partial charge in [0.15, 0.2) is 0 Å². The van der Waals surface area contributed by atoms with Crippen LogP contribution in [-0.2, 0) is 19.1 Å². The van der Waals surface area contributed by atoms with Gasteiger partial charge in [-0.1, -0.05) is 6.92 Å². The van der Waals surface area contributed by atoms with Crippen molar-refractivity contribution in [3.8, 4) is 0 Å². The molecule has 76 valence electrons. The summed E-state index contributed by atoms with van der Waals surface area (Å²) in [6.07, 6.45) is 0. The van der Waals surface area contributed by atoms with Crippen LogP contribution in [0.15, 0.2) is 0 Å². The van der Waals surface area contributed by atoms with E-state index in [1.54, 1.807) is 0 Å². The number of nitrogens with zero attached hydrogens (tertiary/aromatic N) is 1. The van der Waals surface area contributed by atoms with E-state index in [1.165, 1.54) is 0 Å².